The van der Waals surface area contributed by atoms with E-state index in [2.05, 4.69) is 13.0 Å². The number of fused-ring (bicyclic) bond motifs is 1. The second-order valence-electron chi connectivity index (χ2n) is 9.54. The Labute approximate surface area is 255 Å². The Balaban J connectivity index is 1.60. The van der Waals surface area contributed by atoms with Gasteiger partial charge in [0.15, 0.2) is 17.2 Å². The molecule has 1 atom stereocenters. The molecule has 0 saturated carbocycles. The summed E-state index contributed by atoms with van der Waals surface area (Å²) in [5, 5.41) is 10.3. The number of carbonyl (C=O) groups is 1. The first kappa shape index (κ1) is 30.9. The maximum atomic E-state index is 12.9. The van der Waals surface area contributed by atoms with Crippen molar-refractivity contribution < 1.29 is 28.5 Å². The van der Waals surface area contributed by atoms with E-state index in [1.54, 1.807) is 32.2 Å². The summed E-state index contributed by atoms with van der Waals surface area (Å²) in [6, 6.07) is 15.5. The first-order valence-corrected chi connectivity index (χ1v) is 14.4. The number of hydrogen-bond acceptors (Lipinski definition) is 8. The normalized spacial score (nSPS) is 14.0. The number of halogens is 2. The molecule has 1 aliphatic rings. The molecule has 0 saturated heterocycles. The third-order valence-electron chi connectivity index (χ3n) is 6.70. The molecule has 0 aromatic heterocycles. The quantitative estimate of drug-likeness (QED) is 0.125. The van der Waals surface area contributed by atoms with Crippen LogP contribution in [0.4, 0.5) is 0 Å². The molecule has 3 aromatic rings. The maximum absolute atomic E-state index is 12.9. The van der Waals surface area contributed by atoms with Crippen LogP contribution < -0.4 is 29.4 Å². The molecule has 0 spiro atoms. The van der Waals surface area contributed by atoms with Crippen LogP contribution in [0.25, 0.3) is 0 Å². The molecule has 0 radical (unpaired) electrons. The lowest BCUT2D eigenvalue weighted by molar-refractivity contribution is 0.0734. The molecular weight excluding hydrogens is 579 g/mol. The number of benzene rings is 3. The van der Waals surface area contributed by atoms with Crippen molar-refractivity contribution in [3.05, 3.63) is 86.7 Å². The second kappa shape index (κ2) is 14.2. The van der Waals surface area contributed by atoms with Gasteiger partial charge in [0.1, 0.15) is 23.1 Å². The molecule has 1 unspecified atom stereocenters. The van der Waals surface area contributed by atoms with Crippen molar-refractivity contribution in [1.82, 2.24) is 0 Å². The van der Waals surface area contributed by atoms with Gasteiger partial charge in [-0.05, 0) is 49.2 Å². The molecule has 0 amide bonds. The lowest BCUT2D eigenvalue weighted by atomic mass is 9.83. The molecule has 0 aliphatic carbocycles. The molecule has 1 heterocycles. The average Bonchev–Trinajstić information content (AvgIpc) is 2.98. The summed E-state index contributed by atoms with van der Waals surface area (Å²) in [6.07, 6.45) is 4.37. The number of esters is 1. The molecule has 8 nitrogen and oxygen atoms in total. The lowest BCUT2D eigenvalue weighted by Gasteiger charge is -2.27. The van der Waals surface area contributed by atoms with Gasteiger partial charge >= 0.3 is 5.97 Å². The number of nitriles is 1. The Morgan fingerprint density at radius 1 is 1.00 bits per heavy atom. The van der Waals surface area contributed by atoms with Crippen molar-refractivity contribution in [2.45, 2.75) is 45.4 Å². The van der Waals surface area contributed by atoms with Crippen molar-refractivity contribution in [2.75, 3.05) is 20.3 Å². The largest absolute Gasteiger partial charge is 0.493 e. The summed E-state index contributed by atoms with van der Waals surface area (Å²) in [5.41, 5.74) is 8.01. The van der Waals surface area contributed by atoms with Crippen LogP contribution in [0.1, 0.15) is 66.9 Å². The van der Waals surface area contributed by atoms with Crippen LogP contribution in [0.3, 0.4) is 0 Å². The standard InChI is InChI=1S/C32H32Cl2N2O6/c1-4-6-7-8-13-40-26-12-9-19(16-28(26)38-3)29-22-11-10-21(17-27(22)42-31(36)23(29)18-35)41-32(37)20-14-24(33)30(39-5-2)25(34)15-20/h9-12,14-17,29H,4-8,13,36H2,1-3H3. The number of nitrogens with zero attached hydrogens (tertiary/aromatic N) is 1. The number of carbonyl (C=O) groups excluding carboxylic acids is 1. The molecule has 0 fully saturated rings. The van der Waals surface area contributed by atoms with Crippen LogP contribution in [0, 0.1) is 11.3 Å². The van der Waals surface area contributed by atoms with E-state index in [4.69, 9.17) is 52.6 Å². The fourth-order valence-corrected chi connectivity index (χ4v) is 5.26. The van der Waals surface area contributed by atoms with Crippen molar-refractivity contribution in [1.29, 1.82) is 5.26 Å². The predicted molar refractivity (Wildman–Crippen MR) is 161 cm³/mol. The highest BCUT2D eigenvalue weighted by atomic mass is 35.5. The Hall–Kier alpha value is -4.06. The first-order valence-electron chi connectivity index (χ1n) is 13.7. The van der Waals surface area contributed by atoms with E-state index in [9.17, 15) is 10.1 Å². The molecular formula is C32H32Cl2N2O6. The summed E-state index contributed by atoms with van der Waals surface area (Å²) >= 11 is 12.5. The fraction of sp³-hybridized carbons (Fsp3) is 0.312. The zero-order chi connectivity index (χ0) is 30.2. The number of methoxy groups -OCH3 is 1. The van der Waals surface area contributed by atoms with Gasteiger partial charge in [-0.1, -0.05) is 61.5 Å². The minimum Gasteiger partial charge on any atom is -0.493 e. The Kier molecular flexibility index (Phi) is 10.5. The topological polar surface area (TPSA) is 113 Å². The molecule has 0 bridgehead atoms. The molecule has 4 rings (SSSR count). The van der Waals surface area contributed by atoms with Gasteiger partial charge in [-0.25, -0.2) is 4.79 Å². The van der Waals surface area contributed by atoms with E-state index in [1.807, 2.05) is 18.2 Å². The van der Waals surface area contributed by atoms with Gasteiger partial charge in [0.25, 0.3) is 0 Å². The van der Waals surface area contributed by atoms with Crippen molar-refractivity contribution in [3.8, 4) is 34.8 Å². The van der Waals surface area contributed by atoms with E-state index < -0.39 is 11.9 Å². The summed E-state index contributed by atoms with van der Waals surface area (Å²) in [7, 11) is 1.57. The van der Waals surface area contributed by atoms with Crippen molar-refractivity contribution in [3.63, 3.8) is 0 Å². The SMILES string of the molecule is CCCCCCOc1ccc(C2C(C#N)=C(N)Oc3cc(OC(=O)c4cc(Cl)c(OCC)c(Cl)c4)ccc32)cc1OC. The number of allylic oxidation sites excluding steroid dienone is 1. The number of hydrogen-bond donors (Lipinski definition) is 1. The van der Waals surface area contributed by atoms with Gasteiger partial charge in [-0.2, -0.15) is 5.26 Å². The number of rotatable bonds is 12. The zero-order valence-electron chi connectivity index (χ0n) is 23.7. The Bertz CT molecular complexity index is 1510. The van der Waals surface area contributed by atoms with Gasteiger partial charge in [-0.3, -0.25) is 0 Å². The summed E-state index contributed by atoms with van der Waals surface area (Å²) < 4.78 is 28.4. The first-order chi connectivity index (χ1) is 20.3. The van der Waals surface area contributed by atoms with Crippen LogP contribution in [0.2, 0.25) is 10.0 Å². The molecule has 3 aromatic carbocycles. The van der Waals surface area contributed by atoms with Crippen LogP contribution in [-0.4, -0.2) is 26.3 Å². The zero-order valence-corrected chi connectivity index (χ0v) is 25.2. The second-order valence-corrected chi connectivity index (χ2v) is 10.3. The number of nitrogens with two attached hydrogens (primary N) is 1. The Morgan fingerprint density at radius 3 is 2.43 bits per heavy atom. The van der Waals surface area contributed by atoms with Crippen LogP contribution in [0.15, 0.2) is 60.0 Å². The van der Waals surface area contributed by atoms with Crippen LogP contribution in [-0.2, 0) is 0 Å². The number of unbranched alkanes of at least 4 members (excludes halogenated alkanes) is 3. The average molecular weight is 612 g/mol. The monoisotopic (exact) mass is 610 g/mol. The smallest absolute Gasteiger partial charge is 0.343 e. The van der Waals surface area contributed by atoms with Gasteiger partial charge < -0.3 is 29.4 Å². The molecule has 220 valence electrons. The minimum atomic E-state index is -0.676. The fourth-order valence-electron chi connectivity index (χ4n) is 4.66. The van der Waals surface area contributed by atoms with Gasteiger partial charge in [-0.15, -0.1) is 0 Å². The minimum absolute atomic E-state index is 0.0428. The summed E-state index contributed by atoms with van der Waals surface area (Å²) in [4.78, 5) is 12.9. The van der Waals surface area contributed by atoms with Crippen LogP contribution in [0.5, 0.6) is 28.7 Å². The van der Waals surface area contributed by atoms with E-state index in [-0.39, 0.29) is 32.8 Å². The highest BCUT2D eigenvalue weighted by Crippen LogP contribution is 2.45. The number of ether oxygens (including phenoxy) is 5. The van der Waals surface area contributed by atoms with Crippen LogP contribution >= 0.6 is 23.2 Å². The summed E-state index contributed by atoms with van der Waals surface area (Å²) in [5.74, 6) is 0.756. The third-order valence-corrected chi connectivity index (χ3v) is 7.26. The van der Waals surface area contributed by atoms with Crippen molar-refractivity contribution in [2.24, 2.45) is 5.73 Å². The van der Waals surface area contributed by atoms with Gasteiger partial charge in [0.2, 0.25) is 5.88 Å². The lowest BCUT2D eigenvalue weighted by Crippen LogP contribution is -2.21. The molecule has 2 N–H and O–H groups in total. The maximum Gasteiger partial charge on any atom is 0.343 e. The van der Waals surface area contributed by atoms with E-state index >= 15 is 0 Å². The summed E-state index contributed by atoms with van der Waals surface area (Å²) in [6.45, 7) is 4.92. The molecule has 1 aliphatic heterocycles. The highest BCUT2D eigenvalue weighted by molar-refractivity contribution is 6.37. The Morgan fingerprint density at radius 2 is 1.76 bits per heavy atom. The molecule has 10 heteroatoms. The predicted octanol–water partition coefficient (Wildman–Crippen LogP) is 7.80. The van der Waals surface area contributed by atoms with E-state index in [0.29, 0.717) is 41.8 Å². The highest BCUT2D eigenvalue weighted by Gasteiger charge is 2.32. The molecule has 42 heavy (non-hydrogen) atoms. The van der Waals surface area contributed by atoms with Gasteiger partial charge in [0, 0.05) is 11.6 Å². The third kappa shape index (κ3) is 6.87. The van der Waals surface area contributed by atoms with E-state index in [0.717, 1.165) is 24.8 Å². The van der Waals surface area contributed by atoms with Gasteiger partial charge in [0.05, 0.1) is 41.9 Å². The van der Waals surface area contributed by atoms with Crippen molar-refractivity contribution >= 4 is 29.2 Å². The van der Waals surface area contributed by atoms with E-state index in [1.165, 1.54) is 18.6 Å².